The van der Waals surface area contributed by atoms with E-state index in [1.807, 2.05) is 97.9 Å². The van der Waals surface area contributed by atoms with Gasteiger partial charge >= 0.3 is 0 Å². The Morgan fingerprint density at radius 1 is 0.956 bits per heavy atom. The summed E-state index contributed by atoms with van der Waals surface area (Å²) in [5.74, 6) is -0.386. The van der Waals surface area contributed by atoms with Crippen molar-refractivity contribution in [1.29, 1.82) is 0 Å². The maximum absolute atomic E-state index is 13.7. The van der Waals surface area contributed by atoms with Gasteiger partial charge in [-0.2, -0.15) is 0 Å². The SMILES string of the molecule is CN(C)C(=O)c1cccc(-c2cccc(-c3nc(C(=O)NCc4ccccc4)cc4c3[C@@H](CCO)N(S(=O)C(C)(C)C)C4)c2)c1. The molecule has 5 rings (SSSR count). The van der Waals surface area contributed by atoms with Crippen molar-refractivity contribution < 1.29 is 18.9 Å². The van der Waals surface area contributed by atoms with Gasteiger partial charge in [0, 0.05) is 50.5 Å². The summed E-state index contributed by atoms with van der Waals surface area (Å²) in [6.07, 6.45) is 0.372. The van der Waals surface area contributed by atoms with Gasteiger partial charge in [0.2, 0.25) is 0 Å². The van der Waals surface area contributed by atoms with Gasteiger partial charge in [-0.1, -0.05) is 60.7 Å². The van der Waals surface area contributed by atoms with Gasteiger partial charge in [-0.05, 0) is 73.7 Å². The number of benzene rings is 3. The van der Waals surface area contributed by atoms with Crippen LogP contribution in [0, 0.1) is 0 Å². The Kier molecular flexibility index (Phi) is 9.62. The van der Waals surface area contributed by atoms with Crippen molar-refractivity contribution >= 4 is 22.8 Å². The van der Waals surface area contributed by atoms with E-state index in [2.05, 4.69) is 5.32 Å². The van der Waals surface area contributed by atoms with Gasteiger partial charge in [0.15, 0.2) is 0 Å². The number of aliphatic hydroxyl groups excluding tert-OH is 1. The fourth-order valence-electron chi connectivity index (χ4n) is 5.61. The number of rotatable bonds is 9. The molecular weight excluding hydrogens is 584 g/mol. The van der Waals surface area contributed by atoms with Crippen LogP contribution in [-0.2, 0) is 24.1 Å². The average molecular weight is 625 g/mol. The zero-order valence-electron chi connectivity index (χ0n) is 26.4. The van der Waals surface area contributed by atoms with E-state index in [1.54, 1.807) is 31.1 Å². The molecular formula is C36H40N4O4S. The van der Waals surface area contributed by atoms with Crippen molar-refractivity contribution in [2.75, 3.05) is 20.7 Å². The first-order chi connectivity index (χ1) is 21.5. The molecule has 3 aromatic carbocycles. The predicted octanol–water partition coefficient (Wildman–Crippen LogP) is 5.75. The molecule has 0 radical (unpaired) electrons. The number of nitrogens with zero attached hydrogens (tertiary/aromatic N) is 3. The monoisotopic (exact) mass is 624 g/mol. The van der Waals surface area contributed by atoms with E-state index in [0.717, 1.165) is 33.4 Å². The van der Waals surface area contributed by atoms with E-state index in [9.17, 15) is 18.9 Å². The van der Waals surface area contributed by atoms with Crippen LogP contribution in [0.15, 0.2) is 84.9 Å². The maximum Gasteiger partial charge on any atom is 0.270 e. The lowest BCUT2D eigenvalue weighted by atomic mass is 9.93. The Balaban J connectivity index is 1.61. The molecule has 9 heteroatoms. The lowest BCUT2D eigenvalue weighted by Crippen LogP contribution is -2.36. The minimum Gasteiger partial charge on any atom is -0.396 e. The first-order valence-corrected chi connectivity index (χ1v) is 16.2. The van der Waals surface area contributed by atoms with Gasteiger partial charge in [-0.15, -0.1) is 0 Å². The van der Waals surface area contributed by atoms with Crippen LogP contribution in [0.3, 0.4) is 0 Å². The van der Waals surface area contributed by atoms with E-state index in [4.69, 9.17) is 4.98 Å². The number of hydrogen-bond donors (Lipinski definition) is 2. The molecule has 2 N–H and O–H groups in total. The number of carbonyl (C=O) groups excluding carboxylic acids is 2. The molecule has 2 heterocycles. The van der Waals surface area contributed by atoms with Crippen LogP contribution in [0.4, 0.5) is 0 Å². The van der Waals surface area contributed by atoms with Crippen LogP contribution >= 0.6 is 0 Å². The first kappa shape index (κ1) is 32.2. The fourth-order valence-corrected chi connectivity index (χ4v) is 7.01. The highest BCUT2D eigenvalue weighted by atomic mass is 32.2. The van der Waals surface area contributed by atoms with Crippen molar-refractivity contribution in [3.05, 3.63) is 113 Å². The number of carbonyl (C=O) groups is 2. The third kappa shape index (κ3) is 7.06. The van der Waals surface area contributed by atoms with Gasteiger partial charge in [0.25, 0.3) is 11.8 Å². The van der Waals surface area contributed by atoms with Gasteiger partial charge in [0.1, 0.15) is 16.7 Å². The smallest absolute Gasteiger partial charge is 0.270 e. The average Bonchev–Trinajstić information content (AvgIpc) is 3.40. The molecule has 0 spiro atoms. The van der Waals surface area contributed by atoms with Crippen LogP contribution in [0.1, 0.15) is 70.8 Å². The van der Waals surface area contributed by atoms with E-state index >= 15 is 0 Å². The minimum absolute atomic E-state index is 0.0829. The first-order valence-electron chi connectivity index (χ1n) is 15.1. The molecule has 8 nitrogen and oxygen atoms in total. The molecule has 4 aromatic rings. The Morgan fingerprint density at radius 2 is 1.62 bits per heavy atom. The van der Waals surface area contributed by atoms with Crippen molar-refractivity contribution in [1.82, 2.24) is 19.5 Å². The van der Waals surface area contributed by atoms with Crippen molar-refractivity contribution in [2.45, 2.75) is 51.1 Å². The van der Waals surface area contributed by atoms with Crippen molar-refractivity contribution in [2.24, 2.45) is 0 Å². The molecule has 45 heavy (non-hydrogen) atoms. The van der Waals surface area contributed by atoms with Gasteiger partial charge in [-0.3, -0.25) is 9.59 Å². The van der Waals surface area contributed by atoms with E-state index in [-0.39, 0.29) is 30.2 Å². The normalized spacial score (nSPS) is 15.4. The van der Waals surface area contributed by atoms with Crippen LogP contribution in [-0.4, -0.2) is 60.8 Å². The summed E-state index contributed by atoms with van der Waals surface area (Å²) < 4.78 is 15.1. The molecule has 2 atom stereocenters. The maximum atomic E-state index is 13.7. The number of nitrogens with one attached hydrogen (secondary N) is 1. The Labute approximate surface area is 267 Å². The molecule has 1 unspecified atom stereocenters. The van der Waals surface area contributed by atoms with Crippen LogP contribution in [0.25, 0.3) is 22.4 Å². The summed E-state index contributed by atoms with van der Waals surface area (Å²) in [5, 5.41) is 13.1. The van der Waals surface area contributed by atoms with Crippen LogP contribution < -0.4 is 5.32 Å². The lowest BCUT2D eigenvalue weighted by molar-refractivity contribution is 0.0827. The largest absolute Gasteiger partial charge is 0.396 e. The standard InChI is InChI=1S/C36H40N4O4S/c1-36(2,3)45(44)40-23-29-21-30(34(42)37-22-24-11-7-6-8-12-24)38-33(32(29)31(40)17-18-41)27-15-9-13-25(19-27)26-14-10-16-28(20-26)35(43)39(4)5/h6-16,19-21,31,41H,17-18,22-23H2,1-5H3,(H,37,42)/t31-,45?/m1/s1. The Hall–Kier alpha value is -4.18. The summed E-state index contributed by atoms with van der Waals surface area (Å²) in [6.45, 7) is 6.44. The molecule has 2 amide bonds. The second-order valence-electron chi connectivity index (χ2n) is 12.4. The summed E-state index contributed by atoms with van der Waals surface area (Å²) >= 11 is 0. The fraction of sp³-hybridized carbons (Fsp3) is 0.306. The summed E-state index contributed by atoms with van der Waals surface area (Å²) in [7, 11) is 2.08. The molecule has 1 aliphatic heterocycles. The molecule has 0 saturated carbocycles. The Morgan fingerprint density at radius 3 is 2.29 bits per heavy atom. The molecule has 0 aliphatic carbocycles. The number of fused-ring (bicyclic) bond motifs is 1. The molecule has 0 fully saturated rings. The number of aliphatic hydroxyl groups is 1. The van der Waals surface area contributed by atoms with Crippen LogP contribution in [0.2, 0.25) is 0 Å². The molecule has 0 bridgehead atoms. The van der Waals surface area contributed by atoms with E-state index in [1.165, 1.54) is 0 Å². The predicted molar refractivity (Wildman–Crippen MR) is 179 cm³/mol. The lowest BCUT2D eigenvalue weighted by Gasteiger charge is -2.30. The number of amides is 2. The summed E-state index contributed by atoms with van der Waals surface area (Å²) in [5.41, 5.74) is 6.74. The quantitative estimate of drug-likeness (QED) is 0.247. The van der Waals surface area contributed by atoms with Crippen LogP contribution in [0.5, 0.6) is 0 Å². The third-order valence-corrected chi connectivity index (χ3v) is 9.66. The molecule has 1 aromatic heterocycles. The molecule has 0 saturated heterocycles. The van der Waals surface area contributed by atoms with Crippen molar-refractivity contribution in [3.8, 4) is 22.4 Å². The second kappa shape index (κ2) is 13.4. The minimum atomic E-state index is -1.37. The highest BCUT2D eigenvalue weighted by Crippen LogP contribution is 2.44. The number of pyridine rings is 1. The highest BCUT2D eigenvalue weighted by molar-refractivity contribution is 7.84. The van der Waals surface area contributed by atoms with Crippen molar-refractivity contribution in [3.63, 3.8) is 0 Å². The number of hydrogen-bond acceptors (Lipinski definition) is 5. The van der Waals surface area contributed by atoms with Gasteiger partial charge in [-0.25, -0.2) is 13.5 Å². The summed E-state index contributed by atoms with van der Waals surface area (Å²) in [4.78, 5) is 32.7. The third-order valence-electron chi connectivity index (χ3n) is 7.80. The Bertz CT molecular complexity index is 1730. The zero-order chi connectivity index (χ0) is 32.3. The number of aromatic nitrogens is 1. The van der Waals surface area contributed by atoms with Gasteiger partial charge < -0.3 is 15.3 Å². The van der Waals surface area contributed by atoms with E-state index < -0.39 is 15.7 Å². The highest BCUT2D eigenvalue weighted by Gasteiger charge is 2.40. The second-order valence-corrected chi connectivity index (χ2v) is 14.6. The molecule has 1 aliphatic rings. The zero-order valence-corrected chi connectivity index (χ0v) is 27.2. The van der Waals surface area contributed by atoms with Gasteiger partial charge in [0.05, 0.1) is 16.5 Å². The topological polar surface area (TPSA) is 103 Å². The van der Waals surface area contributed by atoms with E-state index in [0.29, 0.717) is 30.8 Å². The summed E-state index contributed by atoms with van der Waals surface area (Å²) in [6, 6.07) is 26.5. The molecule has 234 valence electrons.